The number of alkyl halides is 3. The minimum atomic E-state index is -4.46. The number of piperidine rings is 1. The Morgan fingerprint density at radius 1 is 0.971 bits per heavy atom. The van der Waals surface area contributed by atoms with E-state index in [2.05, 4.69) is 5.32 Å². The van der Waals surface area contributed by atoms with Gasteiger partial charge in [0.05, 0.1) is 16.5 Å². The van der Waals surface area contributed by atoms with E-state index in [0.29, 0.717) is 18.4 Å². The molecule has 0 aromatic heterocycles. The topological polar surface area (TPSA) is 66.5 Å². The average molecular weight is 491 g/mol. The molecule has 180 valence electrons. The summed E-state index contributed by atoms with van der Waals surface area (Å²) in [6, 6.07) is 16.8. The Balaban J connectivity index is 1.38. The zero-order valence-corrected chi connectivity index (χ0v) is 19.4. The van der Waals surface area contributed by atoms with E-state index < -0.39 is 33.7 Å². The molecule has 0 saturated carbocycles. The number of hydrogen-bond acceptors (Lipinski definition) is 3. The molecule has 1 heterocycles. The normalized spacial score (nSPS) is 16.9. The van der Waals surface area contributed by atoms with Gasteiger partial charge in [-0.2, -0.15) is 17.5 Å². The number of hydrogen-bond donors (Lipinski definition) is 1. The molecule has 0 bridgehead atoms. The Labute approximate surface area is 196 Å². The van der Waals surface area contributed by atoms with Crippen LogP contribution in [0.4, 0.5) is 13.2 Å². The number of nitrogens with zero attached hydrogens (tertiary/aromatic N) is 1. The quantitative estimate of drug-likeness (QED) is 0.539. The summed E-state index contributed by atoms with van der Waals surface area (Å²) in [6.07, 6.45) is -3.77. The number of fused-ring (bicyclic) bond motifs is 1. The van der Waals surface area contributed by atoms with Crippen LogP contribution in [-0.2, 0) is 21.0 Å². The third-order valence-corrected chi connectivity index (χ3v) is 8.15. The highest BCUT2D eigenvalue weighted by atomic mass is 32.2. The van der Waals surface area contributed by atoms with Crippen LogP contribution in [0.1, 0.15) is 36.9 Å². The third kappa shape index (κ3) is 5.10. The highest BCUT2D eigenvalue weighted by Gasteiger charge is 2.33. The number of rotatable bonds is 5. The number of benzene rings is 3. The van der Waals surface area contributed by atoms with Crippen LogP contribution in [0.5, 0.6) is 0 Å². The average Bonchev–Trinajstić information content (AvgIpc) is 2.83. The van der Waals surface area contributed by atoms with Gasteiger partial charge in [0.2, 0.25) is 15.9 Å². The molecule has 5 nitrogen and oxygen atoms in total. The Morgan fingerprint density at radius 3 is 2.32 bits per heavy atom. The molecule has 0 aliphatic carbocycles. The van der Waals surface area contributed by atoms with Gasteiger partial charge >= 0.3 is 6.18 Å². The summed E-state index contributed by atoms with van der Waals surface area (Å²) in [5.74, 6) is -0.691. The van der Waals surface area contributed by atoms with Gasteiger partial charge in [-0.05, 0) is 60.4 Å². The van der Waals surface area contributed by atoms with Gasteiger partial charge < -0.3 is 5.32 Å². The largest absolute Gasteiger partial charge is 0.416 e. The second-order valence-electron chi connectivity index (χ2n) is 8.54. The lowest BCUT2D eigenvalue weighted by atomic mass is 9.96. The standard InChI is InChI=1S/C25H25F3N2O3S/c1-17(20-7-4-8-22(15-20)25(26,27)28)29-24(31)19-11-13-30(14-12-19)34(32,33)23-10-9-18-5-2-3-6-21(18)16-23/h2-10,15-17,19H,11-14H2,1H3,(H,29,31)/t17-/m1/s1. The van der Waals surface area contributed by atoms with E-state index in [4.69, 9.17) is 0 Å². The van der Waals surface area contributed by atoms with E-state index in [0.717, 1.165) is 22.9 Å². The maximum Gasteiger partial charge on any atom is 0.416 e. The van der Waals surface area contributed by atoms with Gasteiger partial charge in [-0.3, -0.25) is 4.79 Å². The third-order valence-electron chi connectivity index (χ3n) is 6.26. The Bertz CT molecular complexity index is 1300. The van der Waals surface area contributed by atoms with Gasteiger partial charge in [-0.25, -0.2) is 8.42 Å². The maximum absolute atomic E-state index is 13.1. The Morgan fingerprint density at radius 2 is 1.65 bits per heavy atom. The van der Waals surface area contributed by atoms with Gasteiger partial charge in [0.15, 0.2) is 0 Å². The molecule has 1 amide bonds. The predicted molar refractivity (Wildman–Crippen MR) is 123 cm³/mol. The van der Waals surface area contributed by atoms with E-state index in [1.807, 2.05) is 24.3 Å². The van der Waals surface area contributed by atoms with Crippen molar-refractivity contribution in [1.82, 2.24) is 9.62 Å². The first-order valence-electron chi connectivity index (χ1n) is 11.0. The molecule has 1 atom stereocenters. The van der Waals surface area contributed by atoms with Crippen LogP contribution < -0.4 is 5.32 Å². The predicted octanol–water partition coefficient (Wildman–Crippen LogP) is 5.14. The molecule has 34 heavy (non-hydrogen) atoms. The maximum atomic E-state index is 13.1. The smallest absolute Gasteiger partial charge is 0.349 e. The zero-order chi connectivity index (χ0) is 24.5. The van der Waals surface area contributed by atoms with Crippen LogP contribution in [0, 0.1) is 5.92 Å². The summed E-state index contributed by atoms with van der Waals surface area (Å²) >= 11 is 0. The number of halogens is 3. The molecule has 1 N–H and O–H groups in total. The van der Waals surface area contributed by atoms with Crippen molar-refractivity contribution in [2.24, 2.45) is 5.92 Å². The summed E-state index contributed by atoms with van der Waals surface area (Å²) in [5, 5.41) is 4.56. The van der Waals surface area contributed by atoms with Crippen LogP contribution >= 0.6 is 0 Å². The van der Waals surface area contributed by atoms with Gasteiger partial charge in [0.25, 0.3) is 0 Å². The highest BCUT2D eigenvalue weighted by Crippen LogP contribution is 2.31. The number of carbonyl (C=O) groups is 1. The Hall–Kier alpha value is -2.91. The molecule has 3 aromatic rings. The molecule has 1 aliphatic heterocycles. The molecule has 0 radical (unpaired) electrons. The van der Waals surface area contributed by atoms with Gasteiger partial charge in [0.1, 0.15) is 0 Å². The number of sulfonamides is 1. The molecule has 3 aromatic carbocycles. The van der Waals surface area contributed by atoms with Crippen LogP contribution in [0.3, 0.4) is 0 Å². The lowest BCUT2D eigenvalue weighted by Crippen LogP contribution is -2.43. The van der Waals surface area contributed by atoms with E-state index in [-0.39, 0.29) is 23.9 Å². The molecular formula is C25H25F3N2O3S. The minimum Gasteiger partial charge on any atom is -0.349 e. The molecule has 0 unspecified atom stereocenters. The highest BCUT2D eigenvalue weighted by molar-refractivity contribution is 7.89. The van der Waals surface area contributed by atoms with E-state index >= 15 is 0 Å². The van der Waals surface area contributed by atoms with Crippen molar-refractivity contribution in [3.63, 3.8) is 0 Å². The molecule has 4 rings (SSSR count). The first kappa shape index (κ1) is 24.2. The molecule has 0 spiro atoms. The van der Waals surface area contributed by atoms with Crippen LogP contribution in [0.15, 0.2) is 71.6 Å². The lowest BCUT2D eigenvalue weighted by Gasteiger charge is -2.31. The summed E-state index contributed by atoms with van der Waals surface area (Å²) < 4.78 is 66.5. The van der Waals surface area contributed by atoms with Gasteiger partial charge in [-0.1, -0.05) is 42.5 Å². The van der Waals surface area contributed by atoms with Crippen LogP contribution in [0.2, 0.25) is 0 Å². The second kappa shape index (κ2) is 9.38. The Kier molecular flexibility index (Phi) is 6.69. The van der Waals surface area contributed by atoms with Gasteiger partial charge in [0, 0.05) is 19.0 Å². The first-order valence-corrected chi connectivity index (χ1v) is 12.5. The van der Waals surface area contributed by atoms with Crippen molar-refractivity contribution < 1.29 is 26.4 Å². The monoisotopic (exact) mass is 490 g/mol. The number of amides is 1. The number of nitrogens with one attached hydrogen (secondary N) is 1. The molecule has 1 fully saturated rings. The molecular weight excluding hydrogens is 465 g/mol. The molecule has 1 saturated heterocycles. The van der Waals surface area contributed by atoms with Crippen molar-refractivity contribution in [2.75, 3.05) is 13.1 Å². The number of carbonyl (C=O) groups excluding carboxylic acids is 1. The van der Waals surface area contributed by atoms with E-state index in [9.17, 15) is 26.4 Å². The van der Waals surface area contributed by atoms with Gasteiger partial charge in [-0.15, -0.1) is 0 Å². The fraction of sp³-hybridized carbons (Fsp3) is 0.320. The fourth-order valence-electron chi connectivity index (χ4n) is 4.23. The minimum absolute atomic E-state index is 0.200. The molecule has 1 aliphatic rings. The summed E-state index contributed by atoms with van der Waals surface area (Å²) in [6.45, 7) is 2.03. The van der Waals surface area contributed by atoms with Crippen molar-refractivity contribution in [3.8, 4) is 0 Å². The van der Waals surface area contributed by atoms with Crippen molar-refractivity contribution in [1.29, 1.82) is 0 Å². The van der Waals surface area contributed by atoms with Crippen LogP contribution in [-0.4, -0.2) is 31.7 Å². The van der Waals surface area contributed by atoms with E-state index in [1.54, 1.807) is 31.2 Å². The summed E-state index contributed by atoms with van der Waals surface area (Å²) in [4.78, 5) is 13.0. The first-order chi connectivity index (χ1) is 16.1. The second-order valence-corrected chi connectivity index (χ2v) is 10.5. The van der Waals surface area contributed by atoms with Crippen molar-refractivity contribution in [2.45, 2.75) is 36.9 Å². The van der Waals surface area contributed by atoms with E-state index in [1.165, 1.54) is 10.4 Å². The van der Waals surface area contributed by atoms with Crippen LogP contribution in [0.25, 0.3) is 10.8 Å². The summed E-state index contributed by atoms with van der Waals surface area (Å²) in [7, 11) is -3.69. The molecule has 9 heteroatoms. The fourth-order valence-corrected chi connectivity index (χ4v) is 5.74. The SMILES string of the molecule is C[C@@H](NC(=O)C1CCN(S(=O)(=O)c2ccc3ccccc3c2)CC1)c1cccc(C(F)(F)F)c1. The van der Waals surface area contributed by atoms with Crippen molar-refractivity contribution >= 4 is 26.7 Å². The zero-order valence-electron chi connectivity index (χ0n) is 18.5. The van der Waals surface area contributed by atoms with Crippen molar-refractivity contribution in [3.05, 3.63) is 77.9 Å². The summed E-state index contributed by atoms with van der Waals surface area (Å²) in [5.41, 5.74) is -0.405. The lowest BCUT2D eigenvalue weighted by molar-refractivity contribution is -0.137.